The number of anilines is 1. The maximum Gasteiger partial charge on any atom is 0.200 e. The van der Waals surface area contributed by atoms with Gasteiger partial charge in [0.2, 0.25) is 0 Å². The molecule has 0 saturated carbocycles. The monoisotopic (exact) mass is 324 g/mol. The van der Waals surface area contributed by atoms with Gasteiger partial charge in [-0.15, -0.1) is 14.8 Å². The first-order valence-electron chi connectivity index (χ1n) is 8.22. The second kappa shape index (κ2) is 6.16. The number of nitrogens with zero attached hydrogens (tertiary/aromatic N) is 6. The van der Waals surface area contributed by atoms with Crippen molar-refractivity contribution in [2.75, 3.05) is 24.6 Å². The molecule has 0 spiro atoms. The zero-order valence-corrected chi connectivity index (χ0v) is 13.8. The van der Waals surface area contributed by atoms with Crippen molar-refractivity contribution in [1.29, 1.82) is 0 Å². The Hall–Kier alpha value is -2.54. The highest BCUT2D eigenvalue weighted by molar-refractivity contribution is 5.45. The first kappa shape index (κ1) is 15.0. The average Bonchev–Trinajstić information content (AvgIpc) is 3.09. The minimum atomic E-state index is 0.0452. The summed E-state index contributed by atoms with van der Waals surface area (Å²) in [7, 11) is 0. The SMILES string of the molecule is CC(C)c1cccc(C2CN(c3ccc4nnnn4n3)CCO2)c1. The van der Waals surface area contributed by atoms with Gasteiger partial charge < -0.3 is 9.64 Å². The van der Waals surface area contributed by atoms with Gasteiger partial charge in [-0.05, 0) is 39.6 Å². The van der Waals surface area contributed by atoms with Crippen LogP contribution >= 0.6 is 0 Å². The third-order valence-electron chi connectivity index (χ3n) is 4.40. The van der Waals surface area contributed by atoms with Crippen LogP contribution in [0.1, 0.15) is 37.0 Å². The third-order valence-corrected chi connectivity index (χ3v) is 4.40. The van der Waals surface area contributed by atoms with E-state index in [0.29, 0.717) is 18.2 Å². The Morgan fingerprint density at radius 3 is 3.00 bits per heavy atom. The Morgan fingerprint density at radius 2 is 2.12 bits per heavy atom. The Bertz CT molecular complexity index is 846. The van der Waals surface area contributed by atoms with E-state index in [4.69, 9.17) is 4.74 Å². The van der Waals surface area contributed by atoms with Crippen LogP contribution in [-0.2, 0) is 4.74 Å². The molecule has 0 bridgehead atoms. The van der Waals surface area contributed by atoms with E-state index in [-0.39, 0.29) is 6.10 Å². The molecule has 124 valence electrons. The molecule has 1 saturated heterocycles. The quantitative estimate of drug-likeness (QED) is 0.736. The van der Waals surface area contributed by atoms with Crippen LogP contribution in [0, 0.1) is 0 Å². The molecule has 24 heavy (non-hydrogen) atoms. The fourth-order valence-electron chi connectivity index (χ4n) is 2.99. The molecule has 1 aromatic carbocycles. The number of morpholine rings is 1. The van der Waals surface area contributed by atoms with E-state index in [2.05, 4.69) is 63.6 Å². The zero-order chi connectivity index (χ0) is 16.5. The fraction of sp³-hybridized carbons (Fsp3) is 0.412. The molecule has 0 radical (unpaired) electrons. The highest BCUT2D eigenvalue weighted by Gasteiger charge is 2.23. The third kappa shape index (κ3) is 2.82. The van der Waals surface area contributed by atoms with E-state index in [1.165, 1.54) is 15.8 Å². The predicted octanol–water partition coefficient (Wildman–Crippen LogP) is 2.22. The summed E-state index contributed by atoms with van der Waals surface area (Å²) in [5, 5.41) is 15.9. The Balaban J connectivity index is 1.58. The average molecular weight is 324 g/mol. The van der Waals surface area contributed by atoms with Gasteiger partial charge in [0.1, 0.15) is 6.10 Å². The molecule has 0 N–H and O–H groups in total. The van der Waals surface area contributed by atoms with Gasteiger partial charge in [-0.25, -0.2) is 0 Å². The van der Waals surface area contributed by atoms with Crippen molar-refractivity contribution >= 4 is 11.5 Å². The van der Waals surface area contributed by atoms with Crippen LogP contribution in [0.3, 0.4) is 0 Å². The van der Waals surface area contributed by atoms with Crippen molar-refractivity contribution in [3.63, 3.8) is 0 Å². The largest absolute Gasteiger partial charge is 0.370 e. The summed E-state index contributed by atoms with van der Waals surface area (Å²) in [6, 6.07) is 12.5. The highest BCUT2D eigenvalue weighted by Crippen LogP contribution is 2.27. The van der Waals surface area contributed by atoms with Gasteiger partial charge >= 0.3 is 0 Å². The second-order valence-corrected chi connectivity index (χ2v) is 6.35. The van der Waals surface area contributed by atoms with Gasteiger partial charge in [-0.1, -0.05) is 38.1 Å². The summed E-state index contributed by atoms with van der Waals surface area (Å²) in [5.74, 6) is 1.37. The molecular formula is C17H20N6O. The summed E-state index contributed by atoms with van der Waals surface area (Å²) in [4.78, 5) is 2.22. The van der Waals surface area contributed by atoms with Gasteiger partial charge in [0.25, 0.3) is 0 Å². The standard InChI is InChI=1S/C17H20N6O/c1-12(2)13-4-3-5-14(10-13)15-11-22(8-9-24-15)17-7-6-16-18-20-21-23(16)19-17/h3-7,10,12,15H,8-9,11H2,1-2H3. The molecule has 7 nitrogen and oxygen atoms in total. The van der Waals surface area contributed by atoms with Crippen molar-refractivity contribution < 1.29 is 4.74 Å². The molecule has 0 amide bonds. The lowest BCUT2D eigenvalue weighted by Gasteiger charge is -2.34. The Morgan fingerprint density at radius 1 is 1.21 bits per heavy atom. The maximum atomic E-state index is 6.01. The number of hydrogen-bond donors (Lipinski definition) is 0. The Labute approximate surface area is 140 Å². The van der Waals surface area contributed by atoms with Crippen LogP contribution in [0.25, 0.3) is 5.65 Å². The number of fused-ring (bicyclic) bond motifs is 1. The molecule has 1 atom stereocenters. The number of rotatable bonds is 3. The second-order valence-electron chi connectivity index (χ2n) is 6.35. The lowest BCUT2D eigenvalue weighted by molar-refractivity contribution is 0.0394. The highest BCUT2D eigenvalue weighted by atomic mass is 16.5. The maximum absolute atomic E-state index is 6.01. The van der Waals surface area contributed by atoms with Gasteiger partial charge in [-0.3, -0.25) is 0 Å². The first-order valence-corrected chi connectivity index (χ1v) is 8.22. The molecule has 2 aromatic heterocycles. The van der Waals surface area contributed by atoms with Crippen LogP contribution in [0.2, 0.25) is 0 Å². The topological polar surface area (TPSA) is 68.4 Å². The smallest absolute Gasteiger partial charge is 0.200 e. The van der Waals surface area contributed by atoms with E-state index in [9.17, 15) is 0 Å². The predicted molar refractivity (Wildman–Crippen MR) is 90.0 cm³/mol. The lowest BCUT2D eigenvalue weighted by atomic mass is 9.98. The van der Waals surface area contributed by atoms with Crippen LogP contribution in [-0.4, -0.2) is 45.0 Å². The Kier molecular flexibility index (Phi) is 3.86. The molecule has 1 aliphatic rings. The summed E-state index contributed by atoms with van der Waals surface area (Å²) < 4.78 is 7.46. The zero-order valence-electron chi connectivity index (χ0n) is 13.8. The number of ether oxygens (including phenoxy) is 1. The minimum absolute atomic E-state index is 0.0452. The van der Waals surface area contributed by atoms with Crippen LogP contribution in [0.5, 0.6) is 0 Å². The molecule has 0 aliphatic carbocycles. The van der Waals surface area contributed by atoms with E-state index < -0.39 is 0 Å². The number of tetrazole rings is 1. The van der Waals surface area contributed by atoms with Gasteiger partial charge in [0.05, 0.1) is 6.61 Å². The molecule has 1 aliphatic heterocycles. The van der Waals surface area contributed by atoms with Crippen molar-refractivity contribution in [3.05, 3.63) is 47.5 Å². The van der Waals surface area contributed by atoms with Gasteiger partial charge in [0, 0.05) is 13.1 Å². The van der Waals surface area contributed by atoms with E-state index in [0.717, 1.165) is 18.9 Å². The minimum Gasteiger partial charge on any atom is -0.370 e. The van der Waals surface area contributed by atoms with Crippen LogP contribution < -0.4 is 4.90 Å². The molecule has 1 fully saturated rings. The summed E-state index contributed by atoms with van der Waals surface area (Å²) in [6.07, 6.45) is 0.0452. The van der Waals surface area contributed by atoms with Gasteiger partial charge in [0.15, 0.2) is 11.5 Å². The van der Waals surface area contributed by atoms with E-state index in [1.807, 2.05) is 12.1 Å². The van der Waals surface area contributed by atoms with E-state index >= 15 is 0 Å². The van der Waals surface area contributed by atoms with Crippen LogP contribution in [0.4, 0.5) is 5.82 Å². The number of benzene rings is 1. The summed E-state index contributed by atoms with van der Waals surface area (Å²) in [5.41, 5.74) is 3.20. The molecule has 3 heterocycles. The van der Waals surface area contributed by atoms with Gasteiger partial charge in [-0.2, -0.15) is 0 Å². The summed E-state index contributed by atoms with van der Waals surface area (Å²) in [6.45, 7) is 6.66. The molecular weight excluding hydrogens is 304 g/mol. The van der Waals surface area contributed by atoms with Crippen LogP contribution in [0.15, 0.2) is 36.4 Å². The van der Waals surface area contributed by atoms with Crippen molar-refractivity contribution in [2.24, 2.45) is 0 Å². The van der Waals surface area contributed by atoms with E-state index in [1.54, 1.807) is 0 Å². The fourth-order valence-corrected chi connectivity index (χ4v) is 2.99. The number of aromatic nitrogens is 5. The first-order chi connectivity index (χ1) is 11.7. The van der Waals surface area contributed by atoms with Crippen molar-refractivity contribution in [2.45, 2.75) is 25.9 Å². The summed E-state index contributed by atoms with van der Waals surface area (Å²) >= 11 is 0. The van der Waals surface area contributed by atoms with Crippen molar-refractivity contribution in [1.82, 2.24) is 25.3 Å². The molecule has 7 heteroatoms. The lowest BCUT2D eigenvalue weighted by Crippen LogP contribution is -2.39. The molecule has 3 aromatic rings. The normalized spacial score (nSPS) is 18.5. The van der Waals surface area contributed by atoms with Crippen molar-refractivity contribution in [3.8, 4) is 0 Å². The number of hydrogen-bond acceptors (Lipinski definition) is 6. The molecule has 1 unspecified atom stereocenters. The molecule has 4 rings (SSSR count).